The first-order valence-corrected chi connectivity index (χ1v) is 12.8. The van der Waals surface area contributed by atoms with Gasteiger partial charge in [0.1, 0.15) is 17.8 Å². The second-order valence-electron chi connectivity index (χ2n) is 9.89. The first kappa shape index (κ1) is 26.0. The van der Waals surface area contributed by atoms with Crippen LogP contribution in [0.15, 0.2) is 79.0 Å². The van der Waals surface area contributed by atoms with Crippen LogP contribution in [0.2, 0.25) is 0 Å². The maximum Gasteiger partial charge on any atom is 0.326 e. The van der Waals surface area contributed by atoms with Crippen molar-refractivity contribution in [3.05, 3.63) is 101 Å². The number of hydrogen-bond donors (Lipinski definition) is 5. The number of aromatic amines is 1. The number of phenolic OH excluding ortho intramolecular Hbond substituents is 1. The van der Waals surface area contributed by atoms with Crippen LogP contribution >= 0.6 is 0 Å². The van der Waals surface area contributed by atoms with E-state index in [1.807, 2.05) is 54.7 Å². The number of carbonyl (C=O) groups excluding carboxylic acids is 2. The number of H-pyrrole nitrogens is 1. The summed E-state index contributed by atoms with van der Waals surface area (Å²) < 4.78 is 0. The third kappa shape index (κ3) is 5.63. The lowest BCUT2D eigenvalue weighted by Gasteiger charge is -2.37. The molecule has 9 heteroatoms. The smallest absolute Gasteiger partial charge is 0.326 e. The lowest BCUT2D eigenvalue weighted by molar-refractivity contribution is -0.146. The molecule has 0 radical (unpaired) electrons. The molecule has 0 saturated heterocycles. The second-order valence-corrected chi connectivity index (χ2v) is 9.89. The van der Waals surface area contributed by atoms with Crippen LogP contribution in [0.4, 0.5) is 0 Å². The topological polar surface area (TPSA) is 149 Å². The van der Waals surface area contributed by atoms with E-state index >= 15 is 0 Å². The molecule has 0 aliphatic carbocycles. The summed E-state index contributed by atoms with van der Waals surface area (Å²) in [5.41, 5.74) is 10.8. The van der Waals surface area contributed by atoms with Crippen molar-refractivity contribution in [2.75, 3.05) is 0 Å². The van der Waals surface area contributed by atoms with Crippen molar-refractivity contribution < 1.29 is 24.6 Å². The average molecular weight is 527 g/mol. The van der Waals surface area contributed by atoms with Gasteiger partial charge in [-0.25, -0.2) is 4.79 Å². The normalized spacial score (nSPS) is 16.3. The summed E-state index contributed by atoms with van der Waals surface area (Å²) in [4.78, 5) is 43.9. The molecular weight excluding hydrogens is 496 g/mol. The van der Waals surface area contributed by atoms with Crippen LogP contribution in [0, 0.1) is 0 Å². The molecular formula is C30H30N4O5. The summed E-state index contributed by atoms with van der Waals surface area (Å²) in [6, 6.07) is 18.5. The first-order valence-electron chi connectivity index (χ1n) is 12.8. The van der Waals surface area contributed by atoms with Gasteiger partial charge in [0.2, 0.25) is 11.8 Å². The van der Waals surface area contributed by atoms with Crippen LogP contribution in [0.3, 0.4) is 0 Å². The molecule has 0 saturated carbocycles. The Labute approximate surface area is 225 Å². The zero-order chi connectivity index (χ0) is 27.5. The Balaban J connectivity index is 1.37. The summed E-state index contributed by atoms with van der Waals surface area (Å²) in [5, 5.41) is 23.0. The highest BCUT2D eigenvalue weighted by molar-refractivity contribution is 5.93. The van der Waals surface area contributed by atoms with E-state index in [1.54, 1.807) is 12.1 Å². The number of carbonyl (C=O) groups is 3. The van der Waals surface area contributed by atoms with Crippen LogP contribution in [-0.4, -0.2) is 56.0 Å². The van der Waals surface area contributed by atoms with Gasteiger partial charge in [0.15, 0.2) is 0 Å². The van der Waals surface area contributed by atoms with Crippen LogP contribution in [0.1, 0.15) is 22.3 Å². The largest absolute Gasteiger partial charge is 0.508 e. The van der Waals surface area contributed by atoms with Crippen molar-refractivity contribution in [1.29, 1.82) is 0 Å². The lowest BCUT2D eigenvalue weighted by Crippen LogP contribution is -2.58. The van der Waals surface area contributed by atoms with E-state index in [4.69, 9.17) is 5.73 Å². The van der Waals surface area contributed by atoms with Crippen LogP contribution in [0.5, 0.6) is 5.75 Å². The summed E-state index contributed by atoms with van der Waals surface area (Å²) in [7, 11) is 0. The minimum absolute atomic E-state index is 0.0265. The highest BCUT2D eigenvalue weighted by atomic mass is 16.4. The molecule has 2 heterocycles. The Hall–Kier alpha value is -4.63. The molecule has 0 fully saturated rings. The Kier molecular flexibility index (Phi) is 7.33. The quantitative estimate of drug-likeness (QED) is 0.238. The van der Waals surface area contributed by atoms with Gasteiger partial charge in [-0.1, -0.05) is 54.6 Å². The Morgan fingerprint density at radius 1 is 0.974 bits per heavy atom. The second kappa shape index (κ2) is 11.0. The third-order valence-electron chi connectivity index (χ3n) is 7.26. The van der Waals surface area contributed by atoms with Crippen molar-refractivity contribution in [1.82, 2.24) is 15.2 Å². The summed E-state index contributed by atoms with van der Waals surface area (Å²) >= 11 is 0. The van der Waals surface area contributed by atoms with Crippen LogP contribution in [0.25, 0.3) is 10.9 Å². The molecule has 9 nitrogen and oxygen atoms in total. The standard InChI is InChI=1S/C30H30N4O5/c31-24(14-21-16-32-25-8-4-3-7-23(21)25)29(37)34-17-20-6-2-1-5-19(20)15-27(34)28(36)33-26(30(38)39)13-18-9-11-22(35)12-10-18/h1-12,16,24,26-27,32,35H,13-15,17,31H2,(H,33,36)(H,38,39)/t24-,26-,27-/m0/s1. The van der Waals surface area contributed by atoms with Gasteiger partial charge in [-0.05, 0) is 46.9 Å². The molecule has 0 spiro atoms. The van der Waals surface area contributed by atoms with Gasteiger partial charge in [-0.2, -0.15) is 0 Å². The minimum Gasteiger partial charge on any atom is -0.508 e. The highest BCUT2D eigenvalue weighted by Crippen LogP contribution is 2.26. The fraction of sp³-hybridized carbons (Fsp3) is 0.233. The van der Waals surface area contributed by atoms with Gasteiger partial charge < -0.3 is 31.1 Å². The van der Waals surface area contributed by atoms with Gasteiger partial charge in [-0.3, -0.25) is 9.59 Å². The third-order valence-corrected chi connectivity index (χ3v) is 7.26. The number of hydrogen-bond acceptors (Lipinski definition) is 5. The highest BCUT2D eigenvalue weighted by Gasteiger charge is 2.38. The number of nitrogens with two attached hydrogens (primary N) is 1. The van der Waals surface area contributed by atoms with Crippen molar-refractivity contribution in [2.45, 2.75) is 43.9 Å². The number of carboxylic acids is 1. The van der Waals surface area contributed by atoms with E-state index in [9.17, 15) is 24.6 Å². The van der Waals surface area contributed by atoms with E-state index in [2.05, 4.69) is 10.3 Å². The molecule has 200 valence electrons. The molecule has 0 bridgehead atoms. The zero-order valence-corrected chi connectivity index (χ0v) is 21.2. The molecule has 2 amide bonds. The summed E-state index contributed by atoms with van der Waals surface area (Å²) in [5.74, 6) is -2.06. The molecule has 1 aliphatic heterocycles. The molecule has 5 rings (SSSR count). The molecule has 1 aliphatic rings. The minimum atomic E-state index is -1.21. The Morgan fingerprint density at radius 2 is 1.67 bits per heavy atom. The maximum atomic E-state index is 13.7. The van der Waals surface area contributed by atoms with Gasteiger partial charge in [0.25, 0.3) is 0 Å². The SMILES string of the molecule is N[C@@H](Cc1c[nH]c2ccccc12)C(=O)N1Cc2ccccc2C[C@H]1C(=O)N[C@@H](Cc1ccc(O)cc1)C(=O)O. The zero-order valence-electron chi connectivity index (χ0n) is 21.2. The average Bonchev–Trinajstić information content (AvgIpc) is 3.35. The molecule has 1 aromatic heterocycles. The van der Waals surface area contributed by atoms with Gasteiger partial charge in [0.05, 0.1) is 6.04 Å². The summed E-state index contributed by atoms with van der Waals surface area (Å²) in [6.45, 7) is 0.199. The van der Waals surface area contributed by atoms with E-state index < -0.39 is 30.0 Å². The number of benzene rings is 3. The van der Waals surface area contributed by atoms with Crippen LogP contribution < -0.4 is 11.1 Å². The first-order chi connectivity index (χ1) is 18.8. The number of para-hydroxylation sites is 1. The molecule has 4 aromatic rings. The van der Waals surface area contributed by atoms with Gasteiger partial charge in [-0.15, -0.1) is 0 Å². The number of aromatic hydroxyl groups is 1. The fourth-order valence-electron chi connectivity index (χ4n) is 5.16. The number of amides is 2. The fourth-order valence-corrected chi connectivity index (χ4v) is 5.16. The van der Waals surface area contributed by atoms with Crippen molar-refractivity contribution in [2.24, 2.45) is 5.73 Å². The molecule has 3 atom stereocenters. The number of carboxylic acid groups (broad SMARTS) is 1. The van der Waals surface area contributed by atoms with E-state index in [0.717, 1.165) is 27.6 Å². The molecule has 6 N–H and O–H groups in total. The molecule has 39 heavy (non-hydrogen) atoms. The van der Waals surface area contributed by atoms with E-state index in [0.29, 0.717) is 5.56 Å². The number of fused-ring (bicyclic) bond motifs is 2. The number of aromatic nitrogens is 1. The monoisotopic (exact) mass is 526 g/mol. The number of aliphatic carboxylic acids is 1. The molecule has 3 aromatic carbocycles. The van der Waals surface area contributed by atoms with Gasteiger partial charge in [0, 0.05) is 36.5 Å². The van der Waals surface area contributed by atoms with Gasteiger partial charge >= 0.3 is 5.97 Å². The predicted octanol–water partition coefficient (Wildman–Crippen LogP) is 2.51. The number of rotatable bonds is 8. The predicted molar refractivity (Wildman–Crippen MR) is 146 cm³/mol. The van der Waals surface area contributed by atoms with E-state index in [-0.39, 0.29) is 37.5 Å². The number of phenols is 1. The summed E-state index contributed by atoms with van der Waals surface area (Å²) in [6.07, 6.45) is 2.40. The van der Waals surface area contributed by atoms with Crippen LogP contribution in [-0.2, 0) is 40.2 Å². The van der Waals surface area contributed by atoms with Crippen molar-refractivity contribution in [3.63, 3.8) is 0 Å². The Bertz CT molecular complexity index is 1510. The van der Waals surface area contributed by atoms with Crippen molar-refractivity contribution in [3.8, 4) is 5.75 Å². The molecule has 0 unspecified atom stereocenters. The van der Waals surface area contributed by atoms with Crippen molar-refractivity contribution >= 4 is 28.7 Å². The van der Waals surface area contributed by atoms with E-state index in [1.165, 1.54) is 17.0 Å². The Morgan fingerprint density at radius 3 is 2.41 bits per heavy atom. The lowest BCUT2D eigenvalue weighted by atomic mass is 9.92. The number of nitrogens with zero attached hydrogens (tertiary/aromatic N) is 1. The number of nitrogens with one attached hydrogen (secondary N) is 2. The maximum absolute atomic E-state index is 13.7.